The lowest BCUT2D eigenvalue weighted by Gasteiger charge is -2.09. The summed E-state index contributed by atoms with van der Waals surface area (Å²) in [6, 6.07) is 9.92. The predicted octanol–water partition coefficient (Wildman–Crippen LogP) is 3.13. The minimum atomic E-state index is 0.549. The first-order valence-electron chi connectivity index (χ1n) is 7.79. The molecule has 0 bridgehead atoms. The third kappa shape index (κ3) is 3.71. The largest absolute Gasteiger partial charge is 0.362 e. The second-order valence-corrected chi connectivity index (χ2v) is 5.37. The normalized spacial score (nSPS) is 10.7. The number of rotatable bonds is 6. The Morgan fingerprint density at radius 2 is 1.96 bits per heavy atom. The lowest BCUT2D eigenvalue weighted by atomic mass is 10.2. The highest BCUT2D eigenvalue weighted by Gasteiger charge is 2.08. The SMILES string of the molecule is CCCc1cnc(C)nc1NCc1nc(-c2ccccc2)n[nH]1. The average Bonchev–Trinajstić information content (AvgIpc) is 3.05. The summed E-state index contributed by atoms with van der Waals surface area (Å²) in [4.78, 5) is 13.3. The number of aromatic nitrogens is 5. The molecule has 3 aromatic rings. The predicted molar refractivity (Wildman–Crippen MR) is 89.9 cm³/mol. The van der Waals surface area contributed by atoms with Gasteiger partial charge in [-0.05, 0) is 13.3 Å². The Labute approximate surface area is 135 Å². The summed E-state index contributed by atoms with van der Waals surface area (Å²) in [5, 5.41) is 10.6. The zero-order chi connectivity index (χ0) is 16.1. The fraction of sp³-hybridized carbons (Fsp3) is 0.294. The third-order valence-electron chi connectivity index (χ3n) is 3.49. The molecule has 0 saturated carbocycles. The lowest BCUT2D eigenvalue weighted by Crippen LogP contribution is -2.07. The van der Waals surface area contributed by atoms with Crippen molar-refractivity contribution in [2.45, 2.75) is 33.2 Å². The monoisotopic (exact) mass is 308 g/mol. The number of anilines is 1. The van der Waals surface area contributed by atoms with Gasteiger partial charge in [-0.3, -0.25) is 5.10 Å². The number of H-pyrrole nitrogens is 1. The molecule has 23 heavy (non-hydrogen) atoms. The number of benzene rings is 1. The van der Waals surface area contributed by atoms with E-state index < -0.39 is 0 Å². The molecule has 6 heteroatoms. The quantitative estimate of drug-likeness (QED) is 0.731. The Kier molecular flexibility index (Phi) is 4.61. The molecule has 1 aromatic carbocycles. The van der Waals surface area contributed by atoms with E-state index in [0.717, 1.165) is 41.4 Å². The van der Waals surface area contributed by atoms with Crippen LogP contribution in [0.25, 0.3) is 11.4 Å². The van der Waals surface area contributed by atoms with Crippen LogP contribution in [0.1, 0.15) is 30.6 Å². The fourth-order valence-corrected chi connectivity index (χ4v) is 2.36. The van der Waals surface area contributed by atoms with Crippen molar-refractivity contribution >= 4 is 5.82 Å². The standard InChI is InChI=1S/C17H20N6/c1-3-7-14-10-18-12(2)20-16(14)19-11-15-21-17(23-22-15)13-8-5-4-6-9-13/h4-6,8-10H,3,7,11H2,1-2H3,(H,18,19,20)(H,21,22,23). The van der Waals surface area contributed by atoms with Crippen LogP contribution in [0, 0.1) is 6.92 Å². The maximum Gasteiger partial charge on any atom is 0.181 e. The molecule has 0 saturated heterocycles. The minimum Gasteiger partial charge on any atom is -0.362 e. The van der Waals surface area contributed by atoms with E-state index >= 15 is 0 Å². The smallest absolute Gasteiger partial charge is 0.181 e. The van der Waals surface area contributed by atoms with Gasteiger partial charge in [-0.15, -0.1) is 0 Å². The van der Waals surface area contributed by atoms with Gasteiger partial charge in [-0.2, -0.15) is 5.10 Å². The molecule has 2 heterocycles. The van der Waals surface area contributed by atoms with Crippen LogP contribution < -0.4 is 5.32 Å². The molecular formula is C17H20N6. The van der Waals surface area contributed by atoms with Crippen molar-refractivity contribution in [3.05, 3.63) is 53.7 Å². The number of nitrogens with zero attached hydrogens (tertiary/aromatic N) is 4. The lowest BCUT2D eigenvalue weighted by molar-refractivity contribution is 0.876. The van der Waals surface area contributed by atoms with Crippen molar-refractivity contribution in [1.82, 2.24) is 25.1 Å². The Bertz CT molecular complexity index is 766. The fourth-order valence-electron chi connectivity index (χ4n) is 2.36. The Hall–Kier alpha value is -2.76. The van der Waals surface area contributed by atoms with E-state index in [9.17, 15) is 0 Å². The molecule has 0 aliphatic heterocycles. The summed E-state index contributed by atoms with van der Waals surface area (Å²) in [6.45, 7) is 4.59. The third-order valence-corrected chi connectivity index (χ3v) is 3.49. The zero-order valence-electron chi connectivity index (χ0n) is 13.4. The van der Waals surface area contributed by atoms with Gasteiger partial charge < -0.3 is 5.32 Å². The summed E-state index contributed by atoms with van der Waals surface area (Å²) in [7, 11) is 0. The van der Waals surface area contributed by atoms with Crippen LogP contribution in [0.2, 0.25) is 0 Å². The van der Waals surface area contributed by atoms with Crippen molar-refractivity contribution in [3.63, 3.8) is 0 Å². The highest BCUT2D eigenvalue weighted by Crippen LogP contribution is 2.16. The van der Waals surface area contributed by atoms with Crippen LogP contribution >= 0.6 is 0 Å². The molecule has 0 aliphatic rings. The molecule has 0 aliphatic carbocycles. The molecule has 0 amide bonds. The molecule has 0 atom stereocenters. The van der Waals surface area contributed by atoms with Gasteiger partial charge in [0.2, 0.25) is 0 Å². The van der Waals surface area contributed by atoms with E-state index in [-0.39, 0.29) is 0 Å². The van der Waals surface area contributed by atoms with Crippen molar-refractivity contribution in [2.75, 3.05) is 5.32 Å². The summed E-state index contributed by atoms with van der Waals surface area (Å²) in [6.07, 6.45) is 3.90. The average molecular weight is 308 g/mol. The first-order valence-corrected chi connectivity index (χ1v) is 7.79. The van der Waals surface area contributed by atoms with Crippen LogP contribution in [-0.2, 0) is 13.0 Å². The highest BCUT2D eigenvalue weighted by atomic mass is 15.2. The highest BCUT2D eigenvalue weighted by molar-refractivity contribution is 5.54. The minimum absolute atomic E-state index is 0.549. The summed E-state index contributed by atoms with van der Waals surface area (Å²) in [5.74, 6) is 3.12. The molecule has 0 radical (unpaired) electrons. The Balaban J connectivity index is 1.72. The maximum atomic E-state index is 4.52. The van der Waals surface area contributed by atoms with E-state index in [2.05, 4.69) is 37.4 Å². The number of hydrogen-bond donors (Lipinski definition) is 2. The number of nitrogens with one attached hydrogen (secondary N) is 2. The van der Waals surface area contributed by atoms with Gasteiger partial charge in [-0.1, -0.05) is 43.7 Å². The molecule has 0 fully saturated rings. The van der Waals surface area contributed by atoms with E-state index in [1.165, 1.54) is 0 Å². The van der Waals surface area contributed by atoms with Crippen molar-refractivity contribution in [3.8, 4) is 11.4 Å². The number of hydrogen-bond acceptors (Lipinski definition) is 5. The van der Waals surface area contributed by atoms with E-state index in [4.69, 9.17) is 0 Å². The first kappa shape index (κ1) is 15.1. The van der Waals surface area contributed by atoms with Crippen molar-refractivity contribution in [2.24, 2.45) is 0 Å². The van der Waals surface area contributed by atoms with Gasteiger partial charge in [0, 0.05) is 17.3 Å². The molecule has 118 valence electrons. The summed E-state index contributed by atoms with van der Waals surface area (Å²) < 4.78 is 0. The Morgan fingerprint density at radius 1 is 1.13 bits per heavy atom. The molecule has 2 aromatic heterocycles. The molecule has 6 nitrogen and oxygen atoms in total. The second kappa shape index (κ2) is 7.00. The van der Waals surface area contributed by atoms with E-state index in [1.807, 2.05) is 43.5 Å². The van der Waals surface area contributed by atoms with Crippen LogP contribution in [0.15, 0.2) is 36.5 Å². The van der Waals surface area contributed by atoms with Gasteiger partial charge in [0.15, 0.2) is 5.82 Å². The number of aromatic amines is 1. The summed E-state index contributed by atoms with van der Waals surface area (Å²) in [5.41, 5.74) is 2.13. The van der Waals surface area contributed by atoms with Gasteiger partial charge in [0.1, 0.15) is 17.5 Å². The van der Waals surface area contributed by atoms with Gasteiger partial charge >= 0.3 is 0 Å². The van der Waals surface area contributed by atoms with Crippen LogP contribution in [-0.4, -0.2) is 25.1 Å². The van der Waals surface area contributed by atoms with Crippen molar-refractivity contribution in [1.29, 1.82) is 0 Å². The summed E-state index contributed by atoms with van der Waals surface area (Å²) >= 11 is 0. The van der Waals surface area contributed by atoms with Gasteiger partial charge in [0.25, 0.3) is 0 Å². The number of aryl methyl sites for hydroxylation is 2. The van der Waals surface area contributed by atoms with Gasteiger partial charge in [0.05, 0.1) is 6.54 Å². The first-order chi connectivity index (χ1) is 11.3. The molecule has 2 N–H and O–H groups in total. The van der Waals surface area contributed by atoms with Crippen LogP contribution in [0.4, 0.5) is 5.82 Å². The van der Waals surface area contributed by atoms with Crippen LogP contribution in [0.3, 0.4) is 0 Å². The van der Waals surface area contributed by atoms with E-state index in [1.54, 1.807) is 0 Å². The molecule has 0 spiro atoms. The molecule has 3 rings (SSSR count). The topological polar surface area (TPSA) is 79.4 Å². The maximum absolute atomic E-state index is 4.52. The van der Waals surface area contributed by atoms with Crippen LogP contribution in [0.5, 0.6) is 0 Å². The Morgan fingerprint density at radius 3 is 2.74 bits per heavy atom. The molecular weight excluding hydrogens is 288 g/mol. The van der Waals surface area contributed by atoms with Crippen molar-refractivity contribution < 1.29 is 0 Å². The second-order valence-electron chi connectivity index (χ2n) is 5.37. The van der Waals surface area contributed by atoms with E-state index in [0.29, 0.717) is 12.4 Å². The van der Waals surface area contributed by atoms with Gasteiger partial charge in [-0.25, -0.2) is 15.0 Å². The zero-order valence-corrected chi connectivity index (χ0v) is 13.4. The molecule has 0 unspecified atom stereocenters.